The number of methoxy groups -OCH3 is 1. The minimum atomic E-state index is -0.371. The third kappa shape index (κ3) is 5.57. The minimum absolute atomic E-state index is 0.266. The SMILES string of the molecule is COC(=O)c1ccncc1NC[C@@H]1CCOc2cc(N(C)c3ccc(C4CCN(C)CC4)cc3)ccc21. The Kier molecular flexibility index (Phi) is 7.60. The van der Waals surface area contributed by atoms with E-state index in [2.05, 4.69) is 76.7 Å². The monoisotopic (exact) mass is 500 g/mol. The molecule has 194 valence electrons. The molecule has 0 radical (unpaired) electrons. The highest BCUT2D eigenvalue weighted by Crippen LogP contribution is 2.38. The number of carbonyl (C=O) groups is 1. The summed E-state index contributed by atoms with van der Waals surface area (Å²) in [7, 11) is 5.70. The largest absolute Gasteiger partial charge is 0.493 e. The number of esters is 1. The quantitative estimate of drug-likeness (QED) is 0.434. The zero-order chi connectivity index (χ0) is 25.8. The molecule has 7 nitrogen and oxygen atoms in total. The van der Waals surface area contributed by atoms with E-state index in [-0.39, 0.29) is 11.9 Å². The van der Waals surface area contributed by atoms with Crippen LogP contribution in [0.2, 0.25) is 0 Å². The molecule has 1 atom stereocenters. The number of anilines is 3. The van der Waals surface area contributed by atoms with Crippen molar-refractivity contribution in [1.29, 1.82) is 0 Å². The van der Waals surface area contributed by atoms with Gasteiger partial charge >= 0.3 is 5.97 Å². The van der Waals surface area contributed by atoms with Gasteiger partial charge in [0.15, 0.2) is 0 Å². The topological polar surface area (TPSA) is 66.9 Å². The van der Waals surface area contributed by atoms with Crippen molar-refractivity contribution in [2.45, 2.75) is 31.1 Å². The molecule has 7 heteroatoms. The van der Waals surface area contributed by atoms with Crippen molar-refractivity contribution in [3.63, 3.8) is 0 Å². The van der Waals surface area contributed by atoms with Gasteiger partial charge < -0.3 is 24.6 Å². The number of nitrogens with zero attached hydrogens (tertiary/aromatic N) is 3. The molecule has 2 aliphatic rings. The van der Waals surface area contributed by atoms with E-state index < -0.39 is 0 Å². The van der Waals surface area contributed by atoms with Gasteiger partial charge in [-0.1, -0.05) is 18.2 Å². The zero-order valence-corrected chi connectivity index (χ0v) is 21.9. The summed E-state index contributed by atoms with van der Waals surface area (Å²) in [4.78, 5) is 20.9. The summed E-state index contributed by atoms with van der Waals surface area (Å²) >= 11 is 0. The van der Waals surface area contributed by atoms with Gasteiger partial charge in [0.1, 0.15) is 5.75 Å². The van der Waals surface area contributed by atoms with Gasteiger partial charge in [0.05, 0.1) is 31.2 Å². The van der Waals surface area contributed by atoms with Crippen LogP contribution in [0.25, 0.3) is 0 Å². The third-order valence-corrected chi connectivity index (χ3v) is 7.78. The van der Waals surface area contributed by atoms with Crippen LogP contribution in [0, 0.1) is 0 Å². The Morgan fingerprint density at radius 2 is 1.86 bits per heavy atom. The van der Waals surface area contributed by atoms with Gasteiger partial charge in [0, 0.05) is 43.1 Å². The zero-order valence-electron chi connectivity index (χ0n) is 21.9. The molecule has 2 aromatic carbocycles. The lowest BCUT2D eigenvalue weighted by atomic mass is 9.89. The summed E-state index contributed by atoms with van der Waals surface area (Å²) in [5.74, 6) is 1.48. The minimum Gasteiger partial charge on any atom is -0.493 e. The molecule has 0 unspecified atom stereocenters. The van der Waals surface area contributed by atoms with Crippen LogP contribution in [0.15, 0.2) is 60.9 Å². The molecule has 1 aromatic heterocycles. The molecule has 0 amide bonds. The van der Waals surface area contributed by atoms with Crippen LogP contribution in [0.4, 0.5) is 17.1 Å². The lowest BCUT2D eigenvalue weighted by Gasteiger charge is -2.30. The number of hydrogen-bond donors (Lipinski definition) is 1. The van der Waals surface area contributed by atoms with Crippen LogP contribution in [0.3, 0.4) is 0 Å². The van der Waals surface area contributed by atoms with Gasteiger partial charge in [-0.3, -0.25) is 4.98 Å². The average molecular weight is 501 g/mol. The molecule has 3 aromatic rings. The van der Waals surface area contributed by atoms with Crippen molar-refractivity contribution in [3.05, 3.63) is 77.6 Å². The lowest BCUT2D eigenvalue weighted by Crippen LogP contribution is -2.29. The van der Waals surface area contributed by atoms with E-state index in [1.54, 1.807) is 18.5 Å². The molecule has 37 heavy (non-hydrogen) atoms. The molecular formula is C30H36N4O3. The number of fused-ring (bicyclic) bond motifs is 1. The average Bonchev–Trinajstić information content (AvgIpc) is 2.95. The molecule has 0 saturated carbocycles. The van der Waals surface area contributed by atoms with E-state index in [4.69, 9.17) is 9.47 Å². The molecule has 3 heterocycles. The molecule has 5 rings (SSSR count). The number of pyridine rings is 1. The van der Waals surface area contributed by atoms with E-state index in [9.17, 15) is 4.79 Å². The van der Waals surface area contributed by atoms with Crippen LogP contribution >= 0.6 is 0 Å². The maximum absolute atomic E-state index is 12.1. The first-order valence-corrected chi connectivity index (χ1v) is 13.1. The maximum Gasteiger partial charge on any atom is 0.340 e. The standard InChI is InChI=1S/C30H36N4O3/c1-33-15-11-22(12-16-33)21-4-6-24(7-5-21)34(2)25-8-9-26-23(13-17-37-29(26)18-25)19-32-28-20-31-14-10-27(28)30(35)36-3/h4-10,14,18,20,22-23,32H,11-13,15-17,19H2,1-3H3/t23-/m0/s1. The second-order valence-electron chi connectivity index (χ2n) is 10.1. The Labute approximate surface area is 219 Å². The second kappa shape index (κ2) is 11.2. The highest BCUT2D eigenvalue weighted by atomic mass is 16.5. The second-order valence-corrected chi connectivity index (χ2v) is 10.1. The number of likely N-dealkylation sites (tertiary alicyclic amines) is 1. The van der Waals surface area contributed by atoms with Crippen molar-refractivity contribution in [1.82, 2.24) is 9.88 Å². The fourth-order valence-electron chi connectivity index (χ4n) is 5.39. The van der Waals surface area contributed by atoms with Crippen LogP contribution in [-0.4, -0.2) is 63.3 Å². The van der Waals surface area contributed by atoms with E-state index >= 15 is 0 Å². The smallest absolute Gasteiger partial charge is 0.340 e. The Morgan fingerprint density at radius 1 is 1.11 bits per heavy atom. The van der Waals surface area contributed by atoms with Crippen LogP contribution in [-0.2, 0) is 4.74 Å². The van der Waals surface area contributed by atoms with Gasteiger partial charge in [0.25, 0.3) is 0 Å². The van der Waals surface area contributed by atoms with Gasteiger partial charge in [-0.05, 0) is 80.7 Å². The lowest BCUT2D eigenvalue weighted by molar-refractivity contribution is 0.0601. The van der Waals surface area contributed by atoms with Crippen molar-refractivity contribution >= 4 is 23.0 Å². The molecular weight excluding hydrogens is 464 g/mol. The predicted molar refractivity (Wildman–Crippen MR) is 147 cm³/mol. The Bertz CT molecular complexity index is 1220. The van der Waals surface area contributed by atoms with Gasteiger partial charge in [-0.15, -0.1) is 0 Å². The van der Waals surface area contributed by atoms with E-state index in [0.717, 1.165) is 23.5 Å². The number of rotatable bonds is 7. The molecule has 1 saturated heterocycles. The summed E-state index contributed by atoms with van der Waals surface area (Å²) in [6.07, 6.45) is 6.63. The van der Waals surface area contributed by atoms with Gasteiger partial charge in [0.2, 0.25) is 0 Å². The van der Waals surface area contributed by atoms with Crippen molar-refractivity contribution in [2.24, 2.45) is 0 Å². The number of aromatic nitrogens is 1. The normalized spacial score (nSPS) is 18.0. The Hall–Kier alpha value is -3.58. The van der Waals surface area contributed by atoms with Crippen molar-refractivity contribution in [3.8, 4) is 5.75 Å². The Morgan fingerprint density at radius 3 is 2.62 bits per heavy atom. The van der Waals surface area contributed by atoms with Crippen LogP contribution in [0.5, 0.6) is 5.75 Å². The highest BCUT2D eigenvalue weighted by Gasteiger charge is 2.24. The molecule has 0 aliphatic carbocycles. The van der Waals surface area contributed by atoms with Crippen molar-refractivity contribution < 1.29 is 14.3 Å². The summed E-state index contributed by atoms with van der Waals surface area (Å²) in [5, 5.41) is 3.41. The fourth-order valence-corrected chi connectivity index (χ4v) is 5.39. The van der Waals surface area contributed by atoms with Gasteiger partial charge in [-0.2, -0.15) is 0 Å². The summed E-state index contributed by atoms with van der Waals surface area (Å²) < 4.78 is 11.0. The summed E-state index contributed by atoms with van der Waals surface area (Å²) in [5.41, 5.74) is 6.05. The predicted octanol–water partition coefficient (Wildman–Crippen LogP) is 5.42. The fraction of sp³-hybridized carbons (Fsp3) is 0.400. The molecule has 2 aliphatic heterocycles. The molecule has 1 N–H and O–H groups in total. The number of carbonyl (C=O) groups excluding carboxylic acids is 1. The first kappa shape index (κ1) is 25.1. The highest BCUT2D eigenvalue weighted by molar-refractivity contribution is 5.95. The Balaban J connectivity index is 1.27. The van der Waals surface area contributed by atoms with E-state index in [0.29, 0.717) is 30.3 Å². The first-order chi connectivity index (χ1) is 18.0. The molecule has 0 bridgehead atoms. The molecule has 0 spiro atoms. The maximum atomic E-state index is 12.1. The molecule has 1 fully saturated rings. The van der Waals surface area contributed by atoms with Gasteiger partial charge in [-0.25, -0.2) is 4.79 Å². The number of ether oxygens (including phenoxy) is 2. The van der Waals surface area contributed by atoms with E-state index in [1.807, 2.05) is 0 Å². The summed E-state index contributed by atoms with van der Waals surface area (Å²) in [6.45, 7) is 3.69. The first-order valence-electron chi connectivity index (χ1n) is 13.1. The number of benzene rings is 2. The third-order valence-electron chi connectivity index (χ3n) is 7.78. The van der Waals surface area contributed by atoms with Crippen molar-refractivity contribution in [2.75, 3.05) is 57.7 Å². The number of hydrogen-bond acceptors (Lipinski definition) is 7. The van der Waals surface area contributed by atoms with Crippen LogP contribution < -0.4 is 15.0 Å². The van der Waals surface area contributed by atoms with Crippen LogP contribution in [0.1, 0.15) is 52.6 Å². The number of nitrogens with one attached hydrogen (secondary N) is 1. The number of piperidine rings is 1. The van der Waals surface area contributed by atoms with E-state index in [1.165, 1.54) is 44.2 Å². The summed E-state index contributed by atoms with van der Waals surface area (Å²) in [6, 6.07) is 17.2.